The van der Waals surface area contributed by atoms with Gasteiger partial charge in [0.1, 0.15) is 12.0 Å². The minimum Gasteiger partial charge on any atom is -0.480 e. The van der Waals surface area contributed by atoms with Gasteiger partial charge in [0, 0.05) is 25.8 Å². The highest BCUT2D eigenvalue weighted by molar-refractivity contribution is 5.81. The van der Waals surface area contributed by atoms with Crippen molar-refractivity contribution in [3.63, 3.8) is 0 Å². The van der Waals surface area contributed by atoms with E-state index in [0.717, 1.165) is 23.8 Å². The van der Waals surface area contributed by atoms with Crippen LogP contribution in [0.25, 0.3) is 0 Å². The average Bonchev–Trinajstić information content (AvgIpc) is 2.46. The largest absolute Gasteiger partial charge is 0.480 e. The first-order valence-corrected chi connectivity index (χ1v) is 6.99. The van der Waals surface area contributed by atoms with Crippen LogP contribution in [0.15, 0.2) is 12.1 Å². The van der Waals surface area contributed by atoms with E-state index in [1.54, 1.807) is 26.2 Å². The molecule has 21 heavy (non-hydrogen) atoms. The quantitative estimate of drug-likeness (QED) is 0.588. The fourth-order valence-electron chi connectivity index (χ4n) is 2.04. The van der Waals surface area contributed by atoms with Gasteiger partial charge in [0.15, 0.2) is 6.10 Å². The number of aldehydes is 1. The summed E-state index contributed by atoms with van der Waals surface area (Å²) >= 11 is 0. The number of carbonyl (C=O) groups is 2. The van der Waals surface area contributed by atoms with Crippen molar-refractivity contribution in [1.82, 2.24) is 5.32 Å². The lowest BCUT2D eigenvalue weighted by molar-refractivity contribution is -0.127. The fraction of sp³-hybridized carbons (Fsp3) is 0.500. The van der Waals surface area contributed by atoms with Crippen molar-refractivity contribution in [2.45, 2.75) is 33.3 Å². The van der Waals surface area contributed by atoms with E-state index < -0.39 is 6.10 Å². The van der Waals surface area contributed by atoms with Gasteiger partial charge in [0.25, 0.3) is 5.91 Å². The number of carbonyl (C=O) groups excluding carboxylic acids is 2. The molecule has 116 valence electrons. The third kappa shape index (κ3) is 5.19. The van der Waals surface area contributed by atoms with Gasteiger partial charge in [0.2, 0.25) is 0 Å². The highest BCUT2D eigenvalue weighted by Gasteiger charge is 2.16. The Morgan fingerprint density at radius 2 is 1.95 bits per heavy atom. The predicted octanol–water partition coefficient (Wildman–Crippen LogP) is 2.04. The molecule has 1 atom stereocenters. The lowest BCUT2D eigenvalue weighted by Crippen LogP contribution is -2.37. The van der Waals surface area contributed by atoms with Gasteiger partial charge >= 0.3 is 0 Å². The van der Waals surface area contributed by atoms with Crippen LogP contribution >= 0.6 is 0 Å². The highest BCUT2D eigenvalue weighted by atomic mass is 16.5. The maximum Gasteiger partial charge on any atom is 0.260 e. The SMILES string of the molecule is COCCCNC(=O)C(C)Oc1c(C)cc(C=O)cc1C. The van der Waals surface area contributed by atoms with Gasteiger partial charge in [-0.25, -0.2) is 0 Å². The van der Waals surface area contributed by atoms with E-state index in [1.807, 2.05) is 13.8 Å². The van der Waals surface area contributed by atoms with Crippen LogP contribution < -0.4 is 10.1 Å². The van der Waals surface area contributed by atoms with E-state index in [0.29, 0.717) is 24.5 Å². The topological polar surface area (TPSA) is 64.6 Å². The Bertz CT molecular complexity index is 476. The Kier molecular flexibility index (Phi) is 6.88. The minimum atomic E-state index is -0.591. The van der Waals surface area contributed by atoms with Gasteiger partial charge in [0.05, 0.1) is 0 Å². The molecule has 0 radical (unpaired) electrons. The van der Waals surface area contributed by atoms with Crippen LogP contribution in [0.5, 0.6) is 5.75 Å². The van der Waals surface area contributed by atoms with Crippen molar-refractivity contribution in [3.05, 3.63) is 28.8 Å². The van der Waals surface area contributed by atoms with Crippen molar-refractivity contribution in [1.29, 1.82) is 0 Å². The lowest BCUT2D eigenvalue weighted by Gasteiger charge is -2.18. The Morgan fingerprint density at radius 3 is 2.48 bits per heavy atom. The van der Waals surface area contributed by atoms with E-state index in [1.165, 1.54) is 0 Å². The van der Waals surface area contributed by atoms with E-state index in [9.17, 15) is 9.59 Å². The van der Waals surface area contributed by atoms with Crippen LogP contribution in [-0.2, 0) is 9.53 Å². The maximum absolute atomic E-state index is 11.9. The van der Waals surface area contributed by atoms with E-state index >= 15 is 0 Å². The Balaban J connectivity index is 2.64. The van der Waals surface area contributed by atoms with Crippen molar-refractivity contribution >= 4 is 12.2 Å². The second-order valence-electron chi connectivity index (χ2n) is 5.00. The highest BCUT2D eigenvalue weighted by Crippen LogP contribution is 2.25. The number of methoxy groups -OCH3 is 1. The standard InChI is InChI=1S/C16H23NO4/c1-11-8-14(10-18)9-12(2)15(11)21-13(3)16(19)17-6-5-7-20-4/h8-10,13H,5-7H2,1-4H3,(H,17,19). The summed E-state index contributed by atoms with van der Waals surface area (Å²) in [6.45, 7) is 6.60. The first kappa shape index (κ1) is 17.2. The van der Waals surface area contributed by atoms with Crippen LogP contribution in [-0.4, -0.2) is 38.6 Å². The summed E-state index contributed by atoms with van der Waals surface area (Å²) in [7, 11) is 1.63. The molecule has 1 unspecified atom stereocenters. The molecule has 0 spiro atoms. The molecule has 0 aliphatic rings. The second kappa shape index (κ2) is 8.42. The molecule has 5 nitrogen and oxygen atoms in total. The van der Waals surface area contributed by atoms with Gasteiger partial charge in [-0.15, -0.1) is 0 Å². The third-order valence-corrected chi connectivity index (χ3v) is 3.11. The van der Waals surface area contributed by atoms with Gasteiger partial charge in [-0.3, -0.25) is 9.59 Å². The molecule has 0 aromatic heterocycles. The lowest BCUT2D eigenvalue weighted by atomic mass is 10.1. The smallest absolute Gasteiger partial charge is 0.260 e. The predicted molar refractivity (Wildman–Crippen MR) is 80.9 cm³/mol. The van der Waals surface area contributed by atoms with Gasteiger partial charge < -0.3 is 14.8 Å². The maximum atomic E-state index is 11.9. The zero-order valence-corrected chi connectivity index (χ0v) is 13.1. The molecule has 1 rings (SSSR count). The Hall–Kier alpha value is -1.88. The summed E-state index contributed by atoms with van der Waals surface area (Å²) in [6.07, 6.45) is 0.976. The number of rotatable bonds is 8. The van der Waals surface area contributed by atoms with Crippen LogP contribution in [0.3, 0.4) is 0 Å². The van der Waals surface area contributed by atoms with E-state index in [4.69, 9.17) is 9.47 Å². The molecular weight excluding hydrogens is 270 g/mol. The van der Waals surface area contributed by atoms with Gasteiger partial charge in [-0.1, -0.05) is 0 Å². The van der Waals surface area contributed by atoms with Gasteiger partial charge in [-0.2, -0.15) is 0 Å². The molecule has 0 saturated carbocycles. The normalized spacial score (nSPS) is 11.8. The molecule has 0 aliphatic carbocycles. The molecule has 0 heterocycles. The summed E-state index contributed by atoms with van der Waals surface area (Å²) in [5.41, 5.74) is 2.29. The molecular formula is C16H23NO4. The molecule has 5 heteroatoms. The fourth-order valence-corrected chi connectivity index (χ4v) is 2.04. The first-order valence-electron chi connectivity index (χ1n) is 6.99. The van der Waals surface area contributed by atoms with Crippen molar-refractivity contribution in [2.75, 3.05) is 20.3 Å². The molecule has 1 amide bonds. The minimum absolute atomic E-state index is 0.163. The third-order valence-electron chi connectivity index (χ3n) is 3.11. The van der Waals surface area contributed by atoms with E-state index in [-0.39, 0.29) is 5.91 Å². The zero-order valence-electron chi connectivity index (χ0n) is 13.1. The summed E-state index contributed by atoms with van der Waals surface area (Å²) in [5.74, 6) is 0.490. The molecule has 0 fully saturated rings. The number of hydrogen-bond acceptors (Lipinski definition) is 4. The zero-order chi connectivity index (χ0) is 15.8. The first-order chi connectivity index (χ1) is 9.99. The van der Waals surface area contributed by atoms with Crippen molar-refractivity contribution < 1.29 is 19.1 Å². The second-order valence-corrected chi connectivity index (χ2v) is 5.00. The Labute approximate surface area is 125 Å². The Morgan fingerprint density at radius 1 is 1.33 bits per heavy atom. The summed E-state index contributed by atoms with van der Waals surface area (Å²) in [4.78, 5) is 22.7. The molecule has 0 saturated heterocycles. The van der Waals surface area contributed by atoms with Crippen molar-refractivity contribution in [3.8, 4) is 5.75 Å². The van der Waals surface area contributed by atoms with Crippen LogP contribution in [0.2, 0.25) is 0 Å². The number of ether oxygens (including phenoxy) is 2. The molecule has 1 aromatic carbocycles. The summed E-state index contributed by atoms with van der Waals surface area (Å²) in [6, 6.07) is 3.50. The number of nitrogens with one attached hydrogen (secondary N) is 1. The number of benzene rings is 1. The van der Waals surface area contributed by atoms with Crippen LogP contribution in [0.4, 0.5) is 0 Å². The monoisotopic (exact) mass is 293 g/mol. The molecule has 0 aliphatic heterocycles. The molecule has 0 bridgehead atoms. The van der Waals surface area contributed by atoms with Crippen molar-refractivity contribution in [2.24, 2.45) is 0 Å². The number of aryl methyl sites for hydroxylation is 2. The van der Waals surface area contributed by atoms with Crippen LogP contribution in [0.1, 0.15) is 34.8 Å². The number of hydrogen-bond donors (Lipinski definition) is 1. The average molecular weight is 293 g/mol. The number of amides is 1. The van der Waals surface area contributed by atoms with Gasteiger partial charge in [-0.05, 0) is 50.5 Å². The van der Waals surface area contributed by atoms with E-state index in [2.05, 4.69) is 5.32 Å². The van der Waals surface area contributed by atoms with Crippen LogP contribution in [0, 0.1) is 13.8 Å². The molecule has 1 N–H and O–H groups in total. The summed E-state index contributed by atoms with van der Waals surface area (Å²) in [5, 5.41) is 2.80. The molecule has 1 aromatic rings. The summed E-state index contributed by atoms with van der Waals surface area (Å²) < 4.78 is 10.7.